The maximum atomic E-state index is 5.58. The van der Waals surface area contributed by atoms with Crippen LogP contribution in [0, 0.1) is 6.92 Å². The van der Waals surface area contributed by atoms with E-state index in [2.05, 4.69) is 34.3 Å². The monoisotopic (exact) mass is 282 g/mol. The zero-order valence-electron chi connectivity index (χ0n) is 12.3. The van der Waals surface area contributed by atoms with Gasteiger partial charge in [0.25, 0.3) is 0 Å². The molecule has 0 spiro atoms. The van der Waals surface area contributed by atoms with E-state index in [1.165, 1.54) is 0 Å². The van der Waals surface area contributed by atoms with E-state index in [0.717, 1.165) is 28.1 Å². The number of hydrogen-bond donors (Lipinski definition) is 2. The average molecular weight is 282 g/mol. The summed E-state index contributed by atoms with van der Waals surface area (Å²) in [4.78, 5) is 9.12. The number of benzene rings is 1. The van der Waals surface area contributed by atoms with Gasteiger partial charge in [0.1, 0.15) is 11.6 Å². The van der Waals surface area contributed by atoms with E-state index in [4.69, 9.17) is 5.84 Å². The smallest absolute Gasteiger partial charge is 0.162 e. The Morgan fingerprint density at radius 3 is 2.67 bits per heavy atom. The normalized spacial score (nSPS) is 11.3. The molecule has 2 aromatic heterocycles. The average Bonchev–Trinajstić information content (AvgIpc) is 2.91. The first kappa shape index (κ1) is 13.5. The van der Waals surface area contributed by atoms with E-state index < -0.39 is 0 Å². The van der Waals surface area contributed by atoms with Gasteiger partial charge < -0.3 is 5.43 Å². The second-order valence-electron chi connectivity index (χ2n) is 5.29. The van der Waals surface area contributed by atoms with E-state index in [9.17, 15) is 0 Å². The fraction of sp³-hybridized carbons (Fsp3) is 0.267. The van der Waals surface area contributed by atoms with Crippen LogP contribution in [0.1, 0.15) is 31.2 Å². The molecule has 1 aromatic carbocycles. The summed E-state index contributed by atoms with van der Waals surface area (Å²) in [5, 5.41) is 5.53. The fourth-order valence-electron chi connectivity index (χ4n) is 2.27. The van der Waals surface area contributed by atoms with Gasteiger partial charge >= 0.3 is 0 Å². The molecule has 6 heteroatoms. The van der Waals surface area contributed by atoms with Crippen molar-refractivity contribution in [3.63, 3.8) is 0 Å². The third kappa shape index (κ3) is 2.23. The van der Waals surface area contributed by atoms with Gasteiger partial charge in [-0.2, -0.15) is 5.10 Å². The van der Waals surface area contributed by atoms with Crippen LogP contribution >= 0.6 is 0 Å². The first-order valence-electron chi connectivity index (χ1n) is 6.90. The largest absolute Gasteiger partial charge is 0.308 e. The highest BCUT2D eigenvalue weighted by Crippen LogP contribution is 2.24. The van der Waals surface area contributed by atoms with Crippen molar-refractivity contribution in [3.8, 4) is 5.82 Å². The molecule has 0 bridgehead atoms. The maximum Gasteiger partial charge on any atom is 0.162 e. The Hall–Kier alpha value is -2.47. The van der Waals surface area contributed by atoms with E-state index in [1.807, 2.05) is 42.1 Å². The minimum atomic E-state index is 0.207. The Kier molecular flexibility index (Phi) is 3.31. The molecule has 108 valence electrons. The van der Waals surface area contributed by atoms with Crippen LogP contribution < -0.4 is 11.3 Å². The van der Waals surface area contributed by atoms with Crippen molar-refractivity contribution in [2.24, 2.45) is 5.84 Å². The zero-order valence-corrected chi connectivity index (χ0v) is 12.3. The zero-order chi connectivity index (χ0) is 15.0. The van der Waals surface area contributed by atoms with Gasteiger partial charge in [-0.1, -0.05) is 32.0 Å². The highest BCUT2D eigenvalue weighted by Gasteiger charge is 2.16. The Balaban J connectivity index is 2.28. The number of nitrogens with zero attached hydrogens (tertiary/aromatic N) is 4. The molecule has 3 N–H and O–H groups in total. The van der Waals surface area contributed by atoms with E-state index in [0.29, 0.717) is 5.82 Å². The predicted molar refractivity (Wildman–Crippen MR) is 83.3 cm³/mol. The molecule has 0 fully saturated rings. The molecule has 3 rings (SSSR count). The molecule has 0 radical (unpaired) electrons. The molecule has 6 nitrogen and oxygen atoms in total. The summed E-state index contributed by atoms with van der Waals surface area (Å²) in [5.41, 5.74) is 4.53. The second kappa shape index (κ2) is 5.14. The van der Waals surface area contributed by atoms with Gasteiger partial charge in [-0.15, -0.1) is 0 Å². The van der Waals surface area contributed by atoms with E-state index in [-0.39, 0.29) is 5.92 Å². The van der Waals surface area contributed by atoms with Gasteiger partial charge in [-0.05, 0) is 13.0 Å². The minimum Gasteiger partial charge on any atom is -0.308 e. The molecule has 21 heavy (non-hydrogen) atoms. The lowest BCUT2D eigenvalue weighted by molar-refractivity contribution is 0.747. The fourth-order valence-corrected chi connectivity index (χ4v) is 2.27. The van der Waals surface area contributed by atoms with E-state index in [1.54, 1.807) is 0 Å². The first-order chi connectivity index (χ1) is 10.1. The number of fused-ring (bicyclic) bond motifs is 1. The van der Waals surface area contributed by atoms with Gasteiger partial charge in [-0.3, -0.25) is 0 Å². The molecular formula is C15H18N6. The third-order valence-corrected chi connectivity index (χ3v) is 3.47. The molecule has 0 aliphatic rings. The number of nitrogens with two attached hydrogens (primary N) is 1. The molecule has 0 aliphatic carbocycles. The summed E-state index contributed by atoms with van der Waals surface area (Å²) in [7, 11) is 0. The van der Waals surface area contributed by atoms with Gasteiger partial charge in [0.2, 0.25) is 0 Å². The number of anilines is 1. The van der Waals surface area contributed by atoms with Crippen LogP contribution in [0.3, 0.4) is 0 Å². The quantitative estimate of drug-likeness (QED) is 0.570. The molecule has 2 heterocycles. The molecule has 0 amide bonds. The number of para-hydroxylation sites is 1. The minimum absolute atomic E-state index is 0.207. The van der Waals surface area contributed by atoms with Crippen LogP contribution in [0.2, 0.25) is 0 Å². The highest BCUT2D eigenvalue weighted by molar-refractivity contribution is 5.80. The summed E-state index contributed by atoms with van der Waals surface area (Å²) in [6.07, 6.45) is 1.83. The van der Waals surface area contributed by atoms with Crippen LogP contribution in [0.4, 0.5) is 5.82 Å². The SMILES string of the molecule is Cc1c(NN)nc(C(C)C)nc1-n1ncc2ccccc21. The van der Waals surface area contributed by atoms with Crippen molar-refractivity contribution in [2.75, 3.05) is 5.43 Å². The van der Waals surface area contributed by atoms with Crippen molar-refractivity contribution >= 4 is 16.7 Å². The molecule has 3 aromatic rings. The van der Waals surface area contributed by atoms with Crippen LogP contribution in [0.15, 0.2) is 30.5 Å². The van der Waals surface area contributed by atoms with Crippen molar-refractivity contribution < 1.29 is 0 Å². The molecule has 0 atom stereocenters. The lowest BCUT2D eigenvalue weighted by atomic mass is 10.2. The summed E-state index contributed by atoms with van der Waals surface area (Å²) in [6.45, 7) is 6.04. The highest BCUT2D eigenvalue weighted by atomic mass is 15.3. The number of rotatable bonds is 3. The predicted octanol–water partition coefficient (Wildman–Crippen LogP) is 2.53. The van der Waals surface area contributed by atoms with Crippen molar-refractivity contribution in [1.82, 2.24) is 19.7 Å². The van der Waals surface area contributed by atoms with Crippen molar-refractivity contribution in [1.29, 1.82) is 0 Å². The van der Waals surface area contributed by atoms with Crippen molar-refractivity contribution in [3.05, 3.63) is 41.9 Å². The van der Waals surface area contributed by atoms with Crippen LogP contribution in [-0.4, -0.2) is 19.7 Å². The number of hydrazine groups is 1. The number of nitrogen functional groups attached to an aromatic ring is 1. The van der Waals surface area contributed by atoms with Crippen LogP contribution in [0.5, 0.6) is 0 Å². The summed E-state index contributed by atoms with van der Waals surface area (Å²) in [6, 6.07) is 8.03. The van der Waals surface area contributed by atoms with Gasteiger partial charge in [0.15, 0.2) is 5.82 Å². The van der Waals surface area contributed by atoms with E-state index >= 15 is 0 Å². The number of hydrogen-bond acceptors (Lipinski definition) is 5. The van der Waals surface area contributed by atoms with Gasteiger partial charge in [0, 0.05) is 16.9 Å². The number of aromatic nitrogens is 4. The first-order valence-corrected chi connectivity index (χ1v) is 6.90. The summed E-state index contributed by atoms with van der Waals surface area (Å²) < 4.78 is 1.83. The van der Waals surface area contributed by atoms with Crippen LogP contribution in [-0.2, 0) is 0 Å². The lowest BCUT2D eigenvalue weighted by Crippen LogP contribution is -2.16. The van der Waals surface area contributed by atoms with Crippen molar-refractivity contribution in [2.45, 2.75) is 26.7 Å². The Bertz CT molecular complexity index is 790. The molecule has 0 aliphatic heterocycles. The molecular weight excluding hydrogens is 264 g/mol. The summed E-state index contributed by atoms with van der Waals surface area (Å²) >= 11 is 0. The topological polar surface area (TPSA) is 81.6 Å². The standard InChI is InChI=1S/C15H18N6/c1-9(2)13-18-14(20-16)10(3)15(19-13)21-12-7-5-4-6-11(12)8-17-21/h4-9H,16H2,1-3H3,(H,18,19,20). The van der Waals surface area contributed by atoms with Gasteiger partial charge in [0.05, 0.1) is 11.7 Å². The summed E-state index contributed by atoms with van der Waals surface area (Å²) in [5.74, 6) is 7.91. The molecule has 0 saturated heterocycles. The Morgan fingerprint density at radius 1 is 1.19 bits per heavy atom. The number of nitrogens with one attached hydrogen (secondary N) is 1. The molecule has 0 saturated carbocycles. The Labute approximate surface area is 123 Å². The third-order valence-electron chi connectivity index (χ3n) is 3.47. The Morgan fingerprint density at radius 2 is 1.95 bits per heavy atom. The maximum absolute atomic E-state index is 5.58. The lowest BCUT2D eigenvalue weighted by Gasteiger charge is -2.14. The van der Waals surface area contributed by atoms with Gasteiger partial charge in [-0.25, -0.2) is 20.5 Å². The van der Waals surface area contributed by atoms with Crippen LogP contribution in [0.25, 0.3) is 16.7 Å². The second-order valence-corrected chi connectivity index (χ2v) is 5.29. The molecule has 0 unspecified atom stereocenters.